The Labute approximate surface area is 113 Å². The zero-order chi connectivity index (χ0) is 13.8. The molecular weight excluding hydrogens is 242 g/mol. The van der Waals surface area contributed by atoms with Crippen LogP contribution in [0.2, 0.25) is 0 Å². The topological polar surface area (TPSA) is 75.1 Å². The van der Waals surface area contributed by atoms with Gasteiger partial charge in [-0.25, -0.2) is 4.79 Å². The number of carbonyl (C=O) groups is 1. The van der Waals surface area contributed by atoms with Gasteiger partial charge < -0.3 is 10.4 Å². The van der Waals surface area contributed by atoms with E-state index in [0.717, 1.165) is 6.54 Å². The number of nitrogens with one attached hydrogen (secondary N) is 1. The molecule has 2 N–H and O–H groups in total. The van der Waals surface area contributed by atoms with Crippen LogP contribution in [0.1, 0.15) is 53.7 Å². The zero-order valence-corrected chi connectivity index (χ0v) is 11.6. The molecule has 1 aliphatic carbocycles. The highest BCUT2D eigenvalue weighted by molar-refractivity contribution is 5.94. The molecule has 1 saturated carbocycles. The van der Waals surface area contributed by atoms with Gasteiger partial charge in [-0.2, -0.15) is 5.10 Å². The summed E-state index contributed by atoms with van der Waals surface area (Å²) < 4.78 is 0. The molecule has 0 spiro atoms. The minimum Gasteiger partial charge on any atom is -0.478 e. The summed E-state index contributed by atoms with van der Waals surface area (Å²) in [6.45, 7) is 4.34. The van der Waals surface area contributed by atoms with Gasteiger partial charge in [0.25, 0.3) is 0 Å². The third-order valence-corrected chi connectivity index (χ3v) is 3.95. The van der Waals surface area contributed by atoms with E-state index in [9.17, 15) is 9.90 Å². The van der Waals surface area contributed by atoms with Gasteiger partial charge in [0.15, 0.2) is 5.82 Å². The van der Waals surface area contributed by atoms with E-state index < -0.39 is 5.97 Å². The fraction of sp³-hybridized carbons (Fsp3) is 0.643. The number of rotatable bonds is 4. The van der Waals surface area contributed by atoms with Gasteiger partial charge in [0.2, 0.25) is 0 Å². The molecule has 1 aliphatic rings. The monoisotopic (exact) mass is 263 g/mol. The van der Waals surface area contributed by atoms with Crippen molar-refractivity contribution in [3.05, 3.63) is 16.8 Å². The second-order valence-electron chi connectivity index (χ2n) is 5.32. The Morgan fingerprint density at radius 3 is 2.58 bits per heavy atom. The van der Waals surface area contributed by atoms with Crippen molar-refractivity contribution >= 4 is 11.8 Å². The van der Waals surface area contributed by atoms with E-state index in [1.165, 1.54) is 32.1 Å². The fourth-order valence-electron chi connectivity index (χ4n) is 2.63. The van der Waals surface area contributed by atoms with E-state index in [0.29, 0.717) is 23.0 Å². The van der Waals surface area contributed by atoms with Crippen LogP contribution in [0.25, 0.3) is 0 Å². The lowest BCUT2D eigenvalue weighted by Crippen LogP contribution is -2.20. The SMILES string of the molecule is Cc1nnc(NCC2CCCCC2)c(C(=O)O)c1C. The van der Waals surface area contributed by atoms with Gasteiger partial charge >= 0.3 is 5.97 Å². The predicted molar refractivity (Wildman–Crippen MR) is 73.5 cm³/mol. The van der Waals surface area contributed by atoms with Crippen LogP contribution in [0, 0.1) is 19.8 Å². The van der Waals surface area contributed by atoms with E-state index in [2.05, 4.69) is 15.5 Å². The van der Waals surface area contributed by atoms with Gasteiger partial charge in [0.1, 0.15) is 5.56 Å². The highest BCUT2D eigenvalue weighted by atomic mass is 16.4. The summed E-state index contributed by atoms with van der Waals surface area (Å²) in [6.07, 6.45) is 6.30. The van der Waals surface area contributed by atoms with Crippen LogP contribution < -0.4 is 5.32 Å². The van der Waals surface area contributed by atoms with Gasteiger partial charge in [-0.3, -0.25) is 0 Å². The fourth-order valence-corrected chi connectivity index (χ4v) is 2.63. The van der Waals surface area contributed by atoms with Gasteiger partial charge in [-0.1, -0.05) is 19.3 Å². The molecule has 0 saturated heterocycles. The van der Waals surface area contributed by atoms with E-state index >= 15 is 0 Å². The first-order valence-corrected chi connectivity index (χ1v) is 6.90. The van der Waals surface area contributed by atoms with E-state index in [-0.39, 0.29) is 5.56 Å². The molecule has 104 valence electrons. The first kappa shape index (κ1) is 13.8. The third kappa shape index (κ3) is 3.22. The van der Waals surface area contributed by atoms with Crippen molar-refractivity contribution in [1.82, 2.24) is 10.2 Å². The maximum atomic E-state index is 11.3. The van der Waals surface area contributed by atoms with Crippen molar-refractivity contribution in [2.75, 3.05) is 11.9 Å². The lowest BCUT2D eigenvalue weighted by molar-refractivity contribution is 0.0696. The Hall–Kier alpha value is -1.65. The minimum atomic E-state index is -0.943. The Kier molecular flexibility index (Phi) is 4.35. The van der Waals surface area contributed by atoms with Gasteiger partial charge in [-0.15, -0.1) is 5.10 Å². The third-order valence-electron chi connectivity index (χ3n) is 3.95. The molecule has 0 atom stereocenters. The molecule has 0 bridgehead atoms. The average molecular weight is 263 g/mol. The van der Waals surface area contributed by atoms with E-state index in [4.69, 9.17) is 0 Å². The maximum absolute atomic E-state index is 11.3. The van der Waals surface area contributed by atoms with Gasteiger partial charge in [-0.05, 0) is 38.2 Å². The van der Waals surface area contributed by atoms with Crippen LogP contribution in [0.3, 0.4) is 0 Å². The Morgan fingerprint density at radius 2 is 1.95 bits per heavy atom. The Morgan fingerprint density at radius 1 is 1.26 bits per heavy atom. The number of carboxylic acids is 1. The number of carboxylic acid groups (broad SMARTS) is 1. The van der Waals surface area contributed by atoms with Crippen molar-refractivity contribution < 1.29 is 9.90 Å². The molecule has 5 heteroatoms. The molecule has 19 heavy (non-hydrogen) atoms. The first-order valence-electron chi connectivity index (χ1n) is 6.90. The summed E-state index contributed by atoms with van der Waals surface area (Å²) in [7, 11) is 0. The zero-order valence-electron chi connectivity index (χ0n) is 11.6. The van der Waals surface area contributed by atoms with Crippen LogP contribution >= 0.6 is 0 Å². The molecule has 0 aliphatic heterocycles. The number of aromatic nitrogens is 2. The molecule has 0 unspecified atom stereocenters. The summed E-state index contributed by atoms with van der Waals surface area (Å²) in [5, 5.41) is 20.5. The molecule has 1 fully saturated rings. The number of aromatic carboxylic acids is 1. The van der Waals surface area contributed by atoms with E-state index in [1.807, 2.05) is 0 Å². The summed E-state index contributed by atoms with van der Waals surface area (Å²) >= 11 is 0. The molecule has 2 rings (SSSR count). The first-order chi connectivity index (χ1) is 9.09. The molecule has 0 radical (unpaired) electrons. The number of aryl methyl sites for hydroxylation is 1. The van der Waals surface area contributed by atoms with Crippen LogP contribution in [-0.2, 0) is 0 Å². The number of anilines is 1. The van der Waals surface area contributed by atoms with Crippen LogP contribution in [0.5, 0.6) is 0 Å². The molecule has 1 aromatic rings. The molecule has 5 nitrogen and oxygen atoms in total. The normalized spacial score (nSPS) is 16.3. The molecule has 1 aromatic heterocycles. The minimum absolute atomic E-state index is 0.253. The average Bonchev–Trinajstić information content (AvgIpc) is 2.41. The van der Waals surface area contributed by atoms with Crippen molar-refractivity contribution in [3.63, 3.8) is 0 Å². The second kappa shape index (κ2) is 5.99. The van der Waals surface area contributed by atoms with Crippen molar-refractivity contribution in [2.45, 2.75) is 46.0 Å². The van der Waals surface area contributed by atoms with Crippen molar-refractivity contribution in [1.29, 1.82) is 0 Å². The van der Waals surface area contributed by atoms with Gasteiger partial charge in [0.05, 0.1) is 5.69 Å². The Bertz CT molecular complexity index is 468. The van der Waals surface area contributed by atoms with Crippen molar-refractivity contribution in [3.8, 4) is 0 Å². The lowest BCUT2D eigenvalue weighted by Gasteiger charge is -2.22. The summed E-state index contributed by atoms with van der Waals surface area (Å²) in [4.78, 5) is 11.3. The van der Waals surface area contributed by atoms with Crippen LogP contribution in [0.4, 0.5) is 5.82 Å². The molecule has 0 aromatic carbocycles. The van der Waals surface area contributed by atoms with Crippen molar-refractivity contribution in [2.24, 2.45) is 5.92 Å². The standard InChI is InChI=1S/C14H21N3O2/c1-9-10(2)16-17-13(12(9)14(18)19)15-8-11-6-4-3-5-7-11/h11H,3-8H2,1-2H3,(H,15,17)(H,18,19). The van der Waals surface area contributed by atoms with E-state index in [1.54, 1.807) is 13.8 Å². The molecular formula is C14H21N3O2. The van der Waals surface area contributed by atoms with Crippen LogP contribution in [0.15, 0.2) is 0 Å². The number of nitrogens with zero attached hydrogens (tertiary/aromatic N) is 2. The van der Waals surface area contributed by atoms with Crippen LogP contribution in [-0.4, -0.2) is 27.8 Å². The summed E-state index contributed by atoms with van der Waals surface area (Å²) in [5.74, 6) is 0.0848. The lowest BCUT2D eigenvalue weighted by atomic mass is 9.89. The predicted octanol–water partition coefficient (Wildman–Crippen LogP) is 2.78. The van der Waals surface area contributed by atoms with Gasteiger partial charge in [0, 0.05) is 6.54 Å². The maximum Gasteiger partial charge on any atom is 0.339 e. The highest BCUT2D eigenvalue weighted by Gasteiger charge is 2.19. The quantitative estimate of drug-likeness (QED) is 0.873. The molecule has 1 heterocycles. The highest BCUT2D eigenvalue weighted by Crippen LogP contribution is 2.25. The second-order valence-corrected chi connectivity index (χ2v) is 5.32. The Balaban J connectivity index is 2.11. The largest absolute Gasteiger partial charge is 0.478 e. The molecule has 0 amide bonds. The summed E-state index contributed by atoms with van der Waals surface area (Å²) in [6, 6.07) is 0. The summed E-state index contributed by atoms with van der Waals surface area (Å²) in [5.41, 5.74) is 1.61. The number of hydrogen-bond acceptors (Lipinski definition) is 4. The smallest absolute Gasteiger partial charge is 0.339 e. The number of hydrogen-bond donors (Lipinski definition) is 2.